The van der Waals surface area contributed by atoms with Gasteiger partial charge >= 0.3 is 0 Å². The number of hydrogen-bond donors (Lipinski definition) is 2. The van der Waals surface area contributed by atoms with E-state index in [0.29, 0.717) is 29.8 Å². The zero-order valence-corrected chi connectivity index (χ0v) is 13.5. The number of nitrogens with zero attached hydrogens (tertiary/aromatic N) is 2. The summed E-state index contributed by atoms with van der Waals surface area (Å²) in [6.07, 6.45) is 0.679. The number of rotatable bonds is 3. The fraction of sp³-hybridized carbons (Fsp3) is 0.286. The highest BCUT2D eigenvalue weighted by Crippen LogP contribution is 2.26. The van der Waals surface area contributed by atoms with Crippen LogP contribution in [0, 0.1) is 14.9 Å². The Bertz CT molecular complexity index is 892. The SMILES string of the molecule is O=c1[nH]c(=S)[nH]c2c1CN(Cc1ccc(Cl)c([N+](=O)[O-])c1)CC2. The Morgan fingerprint density at radius 1 is 1.39 bits per heavy atom. The van der Waals surface area contributed by atoms with Gasteiger partial charge in [0.25, 0.3) is 11.2 Å². The predicted octanol–water partition coefficient (Wildman–Crippen LogP) is 2.55. The zero-order valence-electron chi connectivity index (χ0n) is 12.0. The summed E-state index contributed by atoms with van der Waals surface area (Å²) >= 11 is 10.8. The third-order valence-corrected chi connectivity index (χ3v) is 4.33. The maximum Gasteiger partial charge on any atom is 0.288 e. The molecule has 0 atom stereocenters. The Morgan fingerprint density at radius 2 is 2.17 bits per heavy atom. The molecular weight excluding hydrogens is 340 g/mol. The lowest BCUT2D eigenvalue weighted by molar-refractivity contribution is -0.384. The molecule has 0 aliphatic carbocycles. The molecule has 0 radical (unpaired) electrons. The summed E-state index contributed by atoms with van der Waals surface area (Å²) in [4.78, 5) is 30.1. The summed E-state index contributed by atoms with van der Waals surface area (Å²) < 4.78 is 0.329. The van der Waals surface area contributed by atoms with E-state index >= 15 is 0 Å². The second-order valence-corrected chi connectivity index (χ2v) is 6.18. The molecule has 0 spiro atoms. The van der Waals surface area contributed by atoms with Crippen molar-refractivity contribution >= 4 is 29.5 Å². The summed E-state index contributed by atoms with van der Waals surface area (Å²) in [5, 5.41) is 11.1. The van der Waals surface area contributed by atoms with E-state index in [2.05, 4.69) is 14.9 Å². The molecule has 0 saturated carbocycles. The van der Waals surface area contributed by atoms with Gasteiger partial charge in [-0.1, -0.05) is 17.7 Å². The zero-order chi connectivity index (χ0) is 16.6. The number of aromatic nitrogens is 2. The number of aromatic amines is 2. The molecule has 0 saturated heterocycles. The Balaban J connectivity index is 1.83. The van der Waals surface area contributed by atoms with Gasteiger partial charge in [-0.05, 0) is 23.8 Å². The molecule has 1 aromatic heterocycles. The van der Waals surface area contributed by atoms with Crippen molar-refractivity contribution in [1.82, 2.24) is 14.9 Å². The van der Waals surface area contributed by atoms with Crippen molar-refractivity contribution in [3.05, 3.63) is 65.3 Å². The Morgan fingerprint density at radius 3 is 2.91 bits per heavy atom. The number of halogens is 1. The van der Waals surface area contributed by atoms with Gasteiger partial charge in [0.15, 0.2) is 4.77 Å². The average molecular weight is 353 g/mol. The van der Waals surface area contributed by atoms with Crippen LogP contribution in [0.1, 0.15) is 16.8 Å². The van der Waals surface area contributed by atoms with Crippen molar-refractivity contribution in [2.24, 2.45) is 0 Å². The van der Waals surface area contributed by atoms with E-state index in [1.54, 1.807) is 6.07 Å². The van der Waals surface area contributed by atoms with Crippen LogP contribution < -0.4 is 5.56 Å². The largest absolute Gasteiger partial charge is 0.335 e. The standard InChI is InChI=1S/C14H13ClN4O3S/c15-10-2-1-8(5-12(10)19(21)22)6-18-4-3-11-9(7-18)13(20)17-14(23)16-11/h1-2,5H,3-4,6-7H2,(H2,16,17,20,23). The fourth-order valence-electron chi connectivity index (χ4n) is 2.70. The lowest BCUT2D eigenvalue weighted by atomic mass is 10.1. The topological polar surface area (TPSA) is 95.0 Å². The second-order valence-electron chi connectivity index (χ2n) is 5.37. The molecule has 2 aromatic rings. The second kappa shape index (κ2) is 6.23. The lowest BCUT2D eigenvalue weighted by Gasteiger charge is -2.27. The summed E-state index contributed by atoms with van der Waals surface area (Å²) in [5.41, 5.74) is 2.01. The molecule has 1 aliphatic rings. The van der Waals surface area contributed by atoms with Crippen LogP contribution in [0.5, 0.6) is 0 Å². The summed E-state index contributed by atoms with van der Waals surface area (Å²) in [6.45, 7) is 1.71. The molecule has 2 heterocycles. The van der Waals surface area contributed by atoms with Gasteiger partial charge in [0.05, 0.1) is 10.5 Å². The summed E-state index contributed by atoms with van der Waals surface area (Å²) in [6, 6.07) is 4.76. The number of nitrogens with one attached hydrogen (secondary N) is 2. The van der Waals surface area contributed by atoms with E-state index in [0.717, 1.165) is 17.8 Å². The molecule has 0 fully saturated rings. The molecule has 0 unspecified atom stereocenters. The van der Waals surface area contributed by atoms with Crippen LogP contribution in [0.15, 0.2) is 23.0 Å². The Kier molecular flexibility index (Phi) is 4.29. The normalized spacial score (nSPS) is 14.5. The predicted molar refractivity (Wildman–Crippen MR) is 88.2 cm³/mol. The Labute approximate surface area is 141 Å². The highest BCUT2D eigenvalue weighted by molar-refractivity contribution is 7.71. The van der Waals surface area contributed by atoms with E-state index < -0.39 is 4.92 Å². The van der Waals surface area contributed by atoms with E-state index in [-0.39, 0.29) is 16.3 Å². The number of fused-ring (bicyclic) bond motifs is 1. The van der Waals surface area contributed by atoms with Gasteiger partial charge < -0.3 is 4.98 Å². The third kappa shape index (κ3) is 3.34. The maximum atomic E-state index is 12.0. The average Bonchev–Trinajstić information content (AvgIpc) is 2.49. The fourth-order valence-corrected chi connectivity index (χ4v) is 3.10. The smallest absolute Gasteiger partial charge is 0.288 e. The van der Waals surface area contributed by atoms with Gasteiger partial charge in [-0.3, -0.25) is 24.8 Å². The van der Waals surface area contributed by atoms with Crippen molar-refractivity contribution in [1.29, 1.82) is 0 Å². The first kappa shape index (κ1) is 15.9. The van der Waals surface area contributed by atoms with Gasteiger partial charge in [-0.15, -0.1) is 0 Å². The lowest BCUT2D eigenvalue weighted by Crippen LogP contribution is -2.35. The first-order valence-corrected chi connectivity index (χ1v) is 7.72. The van der Waals surface area contributed by atoms with Crippen LogP contribution in [0.3, 0.4) is 0 Å². The van der Waals surface area contributed by atoms with Gasteiger partial charge in [-0.2, -0.15) is 0 Å². The summed E-state index contributed by atoms with van der Waals surface area (Å²) in [7, 11) is 0. The number of benzene rings is 1. The van der Waals surface area contributed by atoms with Crippen molar-refractivity contribution in [3.8, 4) is 0 Å². The molecule has 120 valence electrons. The number of nitro groups is 1. The Hall–Kier alpha value is -2.03. The molecule has 23 heavy (non-hydrogen) atoms. The van der Waals surface area contributed by atoms with E-state index in [1.165, 1.54) is 12.1 Å². The first-order valence-electron chi connectivity index (χ1n) is 6.93. The van der Waals surface area contributed by atoms with Crippen LogP contribution in [-0.4, -0.2) is 26.3 Å². The van der Waals surface area contributed by atoms with Crippen LogP contribution in [0.4, 0.5) is 5.69 Å². The minimum absolute atomic E-state index is 0.108. The van der Waals surface area contributed by atoms with Crippen LogP contribution in [-0.2, 0) is 19.5 Å². The van der Waals surface area contributed by atoms with Crippen molar-refractivity contribution in [2.45, 2.75) is 19.5 Å². The van der Waals surface area contributed by atoms with E-state index in [9.17, 15) is 14.9 Å². The third-order valence-electron chi connectivity index (χ3n) is 3.80. The quantitative estimate of drug-likeness (QED) is 0.503. The molecule has 3 rings (SSSR count). The highest BCUT2D eigenvalue weighted by Gasteiger charge is 2.21. The molecular formula is C14H13ClN4O3S. The molecule has 7 nitrogen and oxygen atoms in total. The van der Waals surface area contributed by atoms with Gasteiger partial charge in [0.1, 0.15) is 5.02 Å². The number of hydrogen-bond acceptors (Lipinski definition) is 5. The maximum absolute atomic E-state index is 12.0. The van der Waals surface area contributed by atoms with Gasteiger partial charge in [-0.25, -0.2) is 0 Å². The van der Waals surface area contributed by atoms with Gasteiger partial charge in [0.2, 0.25) is 0 Å². The number of H-pyrrole nitrogens is 2. The molecule has 1 aliphatic heterocycles. The molecule has 9 heteroatoms. The van der Waals surface area contributed by atoms with E-state index in [1.807, 2.05) is 0 Å². The highest BCUT2D eigenvalue weighted by atomic mass is 35.5. The molecule has 0 bridgehead atoms. The van der Waals surface area contributed by atoms with Crippen LogP contribution >= 0.6 is 23.8 Å². The van der Waals surface area contributed by atoms with E-state index in [4.69, 9.17) is 23.8 Å². The first-order chi connectivity index (χ1) is 10.9. The summed E-state index contributed by atoms with van der Waals surface area (Å²) in [5.74, 6) is 0. The molecule has 0 amide bonds. The van der Waals surface area contributed by atoms with Crippen molar-refractivity contribution in [2.75, 3.05) is 6.54 Å². The van der Waals surface area contributed by atoms with Crippen LogP contribution in [0.2, 0.25) is 5.02 Å². The minimum Gasteiger partial charge on any atom is -0.335 e. The van der Waals surface area contributed by atoms with Crippen molar-refractivity contribution in [3.63, 3.8) is 0 Å². The molecule has 2 N–H and O–H groups in total. The monoisotopic (exact) mass is 352 g/mol. The molecule has 1 aromatic carbocycles. The number of nitro benzene ring substituents is 1. The van der Waals surface area contributed by atoms with Gasteiger partial charge in [0, 0.05) is 37.8 Å². The van der Waals surface area contributed by atoms with Crippen molar-refractivity contribution < 1.29 is 4.92 Å². The van der Waals surface area contributed by atoms with Crippen LogP contribution in [0.25, 0.3) is 0 Å². The minimum atomic E-state index is -0.498.